The molecule has 0 bridgehead atoms. The number of furan rings is 1. The lowest BCUT2D eigenvalue weighted by atomic mass is 9.87. The molecule has 1 rings (SSSR count). The lowest BCUT2D eigenvalue weighted by Gasteiger charge is -2.27. The van der Waals surface area contributed by atoms with Crippen LogP contribution in [0.5, 0.6) is 0 Å². The molecule has 0 saturated heterocycles. The van der Waals surface area contributed by atoms with Gasteiger partial charge in [-0.15, -0.1) is 0 Å². The minimum absolute atomic E-state index is 0.218. The van der Waals surface area contributed by atoms with E-state index in [4.69, 9.17) is 9.52 Å². The largest absolute Gasteiger partial charge is 0.480 e. The average Bonchev–Trinajstić information content (AvgIpc) is 2.67. The fourth-order valence-corrected chi connectivity index (χ4v) is 1.58. The smallest absolute Gasteiger partial charge is 0.326 e. The third-order valence-corrected chi connectivity index (χ3v) is 2.61. The van der Waals surface area contributed by atoms with Crippen molar-refractivity contribution in [2.24, 2.45) is 5.41 Å². The molecule has 1 aromatic rings. The second-order valence-corrected chi connectivity index (χ2v) is 5.48. The number of carboxylic acid groups (broad SMARTS) is 1. The first-order chi connectivity index (χ1) is 8.70. The van der Waals surface area contributed by atoms with Gasteiger partial charge in [-0.1, -0.05) is 20.8 Å². The molecule has 106 valence electrons. The van der Waals surface area contributed by atoms with Gasteiger partial charge in [0.2, 0.25) is 0 Å². The molecular weight excluding hydrogens is 248 g/mol. The van der Waals surface area contributed by atoms with Crippen molar-refractivity contribution in [3.05, 3.63) is 23.7 Å². The molecule has 6 nitrogen and oxygen atoms in total. The van der Waals surface area contributed by atoms with E-state index in [2.05, 4.69) is 10.6 Å². The number of carboxylic acids is 1. The summed E-state index contributed by atoms with van der Waals surface area (Å²) in [6.45, 7) is 7.28. The van der Waals surface area contributed by atoms with Crippen molar-refractivity contribution >= 4 is 12.0 Å². The highest BCUT2D eigenvalue weighted by Crippen LogP contribution is 2.19. The number of hydrogen-bond acceptors (Lipinski definition) is 3. The van der Waals surface area contributed by atoms with Crippen LogP contribution in [0.25, 0.3) is 0 Å². The first kappa shape index (κ1) is 15.1. The summed E-state index contributed by atoms with van der Waals surface area (Å²) in [5.41, 5.74) is -0.565. The van der Waals surface area contributed by atoms with Crippen LogP contribution in [-0.2, 0) is 11.3 Å². The van der Waals surface area contributed by atoms with Crippen LogP contribution in [0.3, 0.4) is 0 Å². The molecule has 0 aromatic carbocycles. The molecule has 0 fully saturated rings. The van der Waals surface area contributed by atoms with Crippen LogP contribution in [0, 0.1) is 12.3 Å². The number of urea groups is 1. The second-order valence-electron chi connectivity index (χ2n) is 5.48. The highest BCUT2D eigenvalue weighted by Gasteiger charge is 2.32. The molecule has 0 saturated carbocycles. The molecule has 0 aliphatic rings. The van der Waals surface area contributed by atoms with E-state index >= 15 is 0 Å². The zero-order valence-corrected chi connectivity index (χ0v) is 11.6. The van der Waals surface area contributed by atoms with E-state index in [1.807, 2.05) is 6.92 Å². The Labute approximate surface area is 112 Å². The quantitative estimate of drug-likeness (QED) is 0.777. The maximum Gasteiger partial charge on any atom is 0.326 e. The zero-order chi connectivity index (χ0) is 14.6. The molecule has 1 aromatic heterocycles. The predicted octanol–water partition coefficient (Wildman–Crippen LogP) is 1.89. The SMILES string of the molecule is Cc1ccc(CNC(=O)NC(C(=O)O)C(C)(C)C)o1. The first-order valence-corrected chi connectivity index (χ1v) is 6.02. The number of carbonyl (C=O) groups is 2. The fourth-order valence-electron chi connectivity index (χ4n) is 1.58. The van der Waals surface area contributed by atoms with Crippen LogP contribution in [0.15, 0.2) is 16.5 Å². The Bertz CT molecular complexity index is 459. The Balaban J connectivity index is 2.52. The van der Waals surface area contributed by atoms with Gasteiger partial charge in [-0.25, -0.2) is 9.59 Å². The normalized spacial score (nSPS) is 12.8. The van der Waals surface area contributed by atoms with Crippen molar-refractivity contribution < 1.29 is 19.1 Å². The second kappa shape index (κ2) is 5.77. The highest BCUT2D eigenvalue weighted by atomic mass is 16.4. The standard InChI is InChI=1S/C13H20N2O4/c1-8-5-6-9(19-8)7-14-12(18)15-10(11(16)17)13(2,3)4/h5-6,10H,7H2,1-4H3,(H,16,17)(H2,14,15,18). The molecule has 0 aliphatic heterocycles. The van der Waals surface area contributed by atoms with Gasteiger partial charge in [0, 0.05) is 0 Å². The van der Waals surface area contributed by atoms with E-state index in [0.29, 0.717) is 5.76 Å². The number of hydrogen-bond donors (Lipinski definition) is 3. The molecule has 2 amide bonds. The molecule has 1 heterocycles. The first-order valence-electron chi connectivity index (χ1n) is 6.02. The van der Waals surface area contributed by atoms with Gasteiger partial charge in [0.25, 0.3) is 0 Å². The Morgan fingerprint density at radius 3 is 2.42 bits per heavy atom. The highest BCUT2D eigenvalue weighted by molar-refractivity contribution is 5.83. The van der Waals surface area contributed by atoms with Crippen LogP contribution < -0.4 is 10.6 Å². The van der Waals surface area contributed by atoms with Gasteiger partial charge >= 0.3 is 12.0 Å². The van der Waals surface area contributed by atoms with E-state index in [1.54, 1.807) is 32.9 Å². The van der Waals surface area contributed by atoms with Crippen LogP contribution in [0.1, 0.15) is 32.3 Å². The number of carbonyl (C=O) groups excluding carboxylic acids is 1. The van der Waals surface area contributed by atoms with E-state index < -0.39 is 23.5 Å². The van der Waals surface area contributed by atoms with Crippen LogP contribution in [-0.4, -0.2) is 23.1 Å². The number of aryl methyl sites for hydroxylation is 1. The molecule has 3 N–H and O–H groups in total. The van der Waals surface area contributed by atoms with Gasteiger partial charge in [-0.05, 0) is 24.5 Å². The van der Waals surface area contributed by atoms with Gasteiger partial charge in [-0.3, -0.25) is 0 Å². The van der Waals surface area contributed by atoms with E-state index in [-0.39, 0.29) is 6.54 Å². The third kappa shape index (κ3) is 4.65. The number of nitrogens with one attached hydrogen (secondary N) is 2. The van der Waals surface area contributed by atoms with Crippen molar-refractivity contribution in [1.82, 2.24) is 10.6 Å². The summed E-state index contributed by atoms with van der Waals surface area (Å²) in [4.78, 5) is 22.8. The van der Waals surface area contributed by atoms with Crippen LogP contribution >= 0.6 is 0 Å². The molecule has 6 heteroatoms. The minimum atomic E-state index is -1.06. The van der Waals surface area contributed by atoms with Crippen molar-refractivity contribution in [3.63, 3.8) is 0 Å². The zero-order valence-electron chi connectivity index (χ0n) is 11.6. The molecule has 0 spiro atoms. The summed E-state index contributed by atoms with van der Waals surface area (Å²) in [5, 5.41) is 14.1. The topological polar surface area (TPSA) is 91.6 Å². The summed E-state index contributed by atoms with van der Waals surface area (Å²) in [5.74, 6) is 0.321. The summed E-state index contributed by atoms with van der Waals surface area (Å²) < 4.78 is 5.29. The molecule has 1 atom stereocenters. The summed E-state index contributed by atoms with van der Waals surface area (Å²) in [6.07, 6.45) is 0. The molecule has 19 heavy (non-hydrogen) atoms. The Hall–Kier alpha value is -1.98. The summed E-state index contributed by atoms with van der Waals surface area (Å²) >= 11 is 0. The van der Waals surface area contributed by atoms with Gasteiger partial charge in [-0.2, -0.15) is 0 Å². The Morgan fingerprint density at radius 1 is 1.37 bits per heavy atom. The molecule has 0 aliphatic carbocycles. The Kier molecular flexibility index (Phi) is 4.58. The predicted molar refractivity (Wildman–Crippen MR) is 69.7 cm³/mol. The average molecular weight is 268 g/mol. The summed E-state index contributed by atoms with van der Waals surface area (Å²) in [6, 6.07) is 2.07. The maximum absolute atomic E-state index is 11.7. The molecular formula is C13H20N2O4. The van der Waals surface area contributed by atoms with Crippen molar-refractivity contribution in [2.45, 2.75) is 40.3 Å². The monoisotopic (exact) mass is 268 g/mol. The van der Waals surface area contributed by atoms with Gasteiger partial charge in [0.15, 0.2) is 0 Å². The van der Waals surface area contributed by atoms with E-state index in [0.717, 1.165) is 5.76 Å². The van der Waals surface area contributed by atoms with Crippen molar-refractivity contribution in [1.29, 1.82) is 0 Å². The van der Waals surface area contributed by atoms with Gasteiger partial charge in [0.1, 0.15) is 17.6 Å². The number of rotatable bonds is 4. The third-order valence-electron chi connectivity index (χ3n) is 2.61. The number of aliphatic carboxylic acids is 1. The maximum atomic E-state index is 11.7. The van der Waals surface area contributed by atoms with Crippen molar-refractivity contribution in [2.75, 3.05) is 0 Å². The lowest BCUT2D eigenvalue weighted by molar-refractivity contribution is -0.141. The summed E-state index contributed by atoms with van der Waals surface area (Å²) in [7, 11) is 0. The van der Waals surface area contributed by atoms with E-state index in [1.165, 1.54) is 0 Å². The van der Waals surface area contributed by atoms with Gasteiger partial charge < -0.3 is 20.2 Å². The molecule has 0 radical (unpaired) electrons. The molecule has 1 unspecified atom stereocenters. The Morgan fingerprint density at radius 2 is 2.00 bits per heavy atom. The number of amides is 2. The fraction of sp³-hybridized carbons (Fsp3) is 0.538. The van der Waals surface area contributed by atoms with Crippen LogP contribution in [0.2, 0.25) is 0 Å². The lowest BCUT2D eigenvalue weighted by Crippen LogP contribution is -2.52. The van der Waals surface area contributed by atoms with Gasteiger partial charge in [0.05, 0.1) is 6.54 Å². The minimum Gasteiger partial charge on any atom is -0.480 e. The van der Waals surface area contributed by atoms with Crippen LogP contribution in [0.4, 0.5) is 4.79 Å². The van der Waals surface area contributed by atoms with E-state index in [9.17, 15) is 9.59 Å². The van der Waals surface area contributed by atoms with Crippen molar-refractivity contribution in [3.8, 4) is 0 Å².